The van der Waals surface area contributed by atoms with E-state index in [1.165, 1.54) is 6.07 Å². The molecule has 1 amide bonds. The van der Waals surface area contributed by atoms with Crippen LogP contribution in [0.1, 0.15) is 0 Å². The Balaban J connectivity index is 1.50. The van der Waals surface area contributed by atoms with Crippen molar-refractivity contribution in [1.29, 1.82) is 0 Å². The second kappa shape index (κ2) is 7.64. The summed E-state index contributed by atoms with van der Waals surface area (Å²) in [6, 6.07) is 14.0. The quantitative estimate of drug-likeness (QED) is 0.922. The number of halogens is 2. The molecule has 6 heteroatoms. The van der Waals surface area contributed by atoms with E-state index >= 15 is 0 Å². The molecule has 126 valence electrons. The summed E-state index contributed by atoms with van der Waals surface area (Å²) in [6.45, 7) is 3.47. The van der Waals surface area contributed by atoms with Crippen molar-refractivity contribution in [2.45, 2.75) is 0 Å². The third-order valence-electron chi connectivity index (χ3n) is 4.06. The second-order valence-electron chi connectivity index (χ2n) is 5.77. The van der Waals surface area contributed by atoms with E-state index in [2.05, 4.69) is 15.1 Å². The van der Waals surface area contributed by atoms with Crippen LogP contribution in [0.5, 0.6) is 0 Å². The molecule has 1 N–H and O–H groups in total. The number of benzene rings is 2. The van der Waals surface area contributed by atoms with E-state index in [1.807, 2.05) is 24.3 Å². The van der Waals surface area contributed by atoms with Crippen LogP contribution < -0.4 is 10.2 Å². The topological polar surface area (TPSA) is 35.6 Å². The van der Waals surface area contributed by atoms with Crippen molar-refractivity contribution >= 4 is 28.9 Å². The van der Waals surface area contributed by atoms with Crippen LogP contribution in [0.15, 0.2) is 48.5 Å². The summed E-state index contributed by atoms with van der Waals surface area (Å²) >= 11 is 6.03. The van der Waals surface area contributed by atoms with Gasteiger partial charge >= 0.3 is 0 Å². The summed E-state index contributed by atoms with van der Waals surface area (Å²) < 4.78 is 13.6. The Labute approximate surface area is 145 Å². The molecular formula is C18H19ClFN3O. The summed E-state index contributed by atoms with van der Waals surface area (Å²) in [5.41, 5.74) is 1.32. The standard InChI is InChI=1S/C18H19ClFN3O/c19-14-4-3-5-15(12-14)23-10-8-22(9-11-23)13-18(24)21-17-7-2-1-6-16(17)20/h1-7,12H,8-11,13H2,(H,21,24). The molecule has 0 atom stereocenters. The monoisotopic (exact) mass is 347 g/mol. The number of nitrogens with one attached hydrogen (secondary N) is 1. The SMILES string of the molecule is O=C(CN1CCN(c2cccc(Cl)c2)CC1)Nc1ccccc1F. The fraction of sp³-hybridized carbons (Fsp3) is 0.278. The van der Waals surface area contributed by atoms with E-state index in [0.717, 1.165) is 36.9 Å². The van der Waals surface area contributed by atoms with Gasteiger partial charge in [0.05, 0.1) is 12.2 Å². The highest BCUT2D eigenvalue weighted by Crippen LogP contribution is 2.20. The number of carbonyl (C=O) groups is 1. The van der Waals surface area contributed by atoms with Crippen LogP contribution in [0.25, 0.3) is 0 Å². The number of rotatable bonds is 4. The zero-order valence-electron chi connectivity index (χ0n) is 13.2. The lowest BCUT2D eigenvalue weighted by atomic mass is 10.2. The lowest BCUT2D eigenvalue weighted by Crippen LogP contribution is -2.48. The number of carbonyl (C=O) groups excluding carboxylic acids is 1. The molecule has 24 heavy (non-hydrogen) atoms. The van der Waals surface area contributed by atoms with Gasteiger partial charge < -0.3 is 10.2 Å². The minimum absolute atomic E-state index is 0.198. The molecule has 1 aliphatic heterocycles. The zero-order valence-corrected chi connectivity index (χ0v) is 14.0. The minimum Gasteiger partial charge on any atom is -0.369 e. The molecule has 1 heterocycles. The summed E-state index contributed by atoms with van der Waals surface area (Å²) in [5.74, 6) is -0.618. The Hall–Kier alpha value is -2.11. The molecule has 0 aromatic heterocycles. The Morgan fingerprint density at radius 2 is 1.83 bits per heavy atom. The maximum Gasteiger partial charge on any atom is 0.238 e. The summed E-state index contributed by atoms with van der Waals surface area (Å²) in [7, 11) is 0. The van der Waals surface area contributed by atoms with E-state index in [-0.39, 0.29) is 18.1 Å². The van der Waals surface area contributed by atoms with Crippen LogP contribution in [-0.2, 0) is 4.79 Å². The molecule has 0 spiro atoms. The van der Waals surface area contributed by atoms with Crippen LogP contribution in [0.4, 0.5) is 15.8 Å². The average Bonchev–Trinajstić information content (AvgIpc) is 2.58. The Morgan fingerprint density at radius 3 is 2.54 bits per heavy atom. The van der Waals surface area contributed by atoms with Gasteiger partial charge in [-0.1, -0.05) is 29.8 Å². The molecule has 1 fully saturated rings. The van der Waals surface area contributed by atoms with Crippen molar-refractivity contribution in [3.05, 3.63) is 59.4 Å². The van der Waals surface area contributed by atoms with Crippen molar-refractivity contribution in [1.82, 2.24) is 4.90 Å². The van der Waals surface area contributed by atoms with Gasteiger partial charge in [0, 0.05) is 36.9 Å². The molecule has 0 bridgehead atoms. The Morgan fingerprint density at radius 1 is 1.08 bits per heavy atom. The summed E-state index contributed by atoms with van der Waals surface area (Å²) in [4.78, 5) is 16.4. The minimum atomic E-state index is -0.420. The normalized spacial score (nSPS) is 15.3. The lowest BCUT2D eigenvalue weighted by Gasteiger charge is -2.35. The van der Waals surface area contributed by atoms with E-state index in [9.17, 15) is 9.18 Å². The van der Waals surface area contributed by atoms with Gasteiger partial charge in [0.2, 0.25) is 5.91 Å². The molecule has 2 aromatic rings. The van der Waals surface area contributed by atoms with Gasteiger partial charge in [0.1, 0.15) is 5.82 Å². The van der Waals surface area contributed by atoms with Gasteiger partial charge in [-0.2, -0.15) is 0 Å². The molecule has 4 nitrogen and oxygen atoms in total. The van der Waals surface area contributed by atoms with Crippen molar-refractivity contribution < 1.29 is 9.18 Å². The fourth-order valence-electron chi connectivity index (χ4n) is 2.79. The molecule has 1 aliphatic rings. The second-order valence-corrected chi connectivity index (χ2v) is 6.21. The van der Waals surface area contributed by atoms with E-state index in [1.54, 1.807) is 18.2 Å². The maximum absolute atomic E-state index is 13.6. The molecule has 1 saturated heterocycles. The van der Waals surface area contributed by atoms with Crippen LogP contribution in [0.3, 0.4) is 0 Å². The number of anilines is 2. The highest BCUT2D eigenvalue weighted by atomic mass is 35.5. The summed E-state index contributed by atoms with van der Waals surface area (Å²) in [6.07, 6.45) is 0. The fourth-order valence-corrected chi connectivity index (χ4v) is 2.98. The number of para-hydroxylation sites is 1. The predicted molar refractivity (Wildman–Crippen MR) is 95.1 cm³/mol. The largest absolute Gasteiger partial charge is 0.369 e. The molecule has 3 rings (SSSR count). The average molecular weight is 348 g/mol. The van der Waals surface area contributed by atoms with Crippen LogP contribution in [0, 0.1) is 5.82 Å². The third-order valence-corrected chi connectivity index (χ3v) is 4.30. The Kier molecular flexibility index (Phi) is 5.33. The lowest BCUT2D eigenvalue weighted by molar-refractivity contribution is -0.117. The van der Waals surface area contributed by atoms with Crippen LogP contribution >= 0.6 is 11.6 Å². The van der Waals surface area contributed by atoms with Crippen molar-refractivity contribution in [3.8, 4) is 0 Å². The number of amides is 1. The highest BCUT2D eigenvalue weighted by molar-refractivity contribution is 6.30. The first-order valence-corrected chi connectivity index (χ1v) is 8.27. The van der Waals surface area contributed by atoms with Crippen molar-refractivity contribution in [2.75, 3.05) is 42.9 Å². The molecule has 0 aliphatic carbocycles. The maximum atomic E-state index is 13.6. The number of hydrogen-bond donors (Lipinski definition) is 1. The highest BCUT2D eigenvalue weighted by Gasteiger charge is 2.19. The predicted octanol–water partition coefficient (Wildman–Crippen LogP) is 3.24. The van der Waals surface area contributed by atoms with Gasteiger partial charge in [-0.05, 0) is 30.3 Å². The number of hydrogen-bond acceptors (Lipinski definition) is 3. The van der Waals surface area contributed by atoms with Crippen LogP contribution in [0.2, 0.25) is 5.02 Å². The molecule has 0 unspecified atom stereocenters. The molecular weight excluding hydrogens is 329 g/mol. The van der Waals surface area contributed by atoms with Gasteiger partial charge in [-0.15, -0.1) is 0 Å². The third kappa shape index (κ3) is 4.24. The molecule has 0 radical (unpaired) electrons. The molecule has 2 aromatic carbocycles. The number of piperazine rings is 1. The van der Waals surface area contributed by atoms with Gasteiger partial charge in [-0.25, -0.2) is 4.39 Å². The Bertz CT molecular complexity index is 717. The van der Waals surface area contributed by atoms with E-state index in [4.69, 9.17) is 11.6 Å². The van der Waals surface area contributed by atoms with E-state index in [0.29, 0.717) is 0 Å². The van der Waals surface area contributed by atoms with Gasteiger partial charge in [-0.3, -0.25) is 9.69 Å². The first-order valence-electron chi connectivity index (χ1n) is 7.89. The first kappa shape index (κ1) is 16.7. The first-order chi connectivity index (χ1) is 11.6. The zero-order chi connectivity index (χ0) is 16.9. The van der Waals surface area contributed by atoms with Crippen LogP contribution in [-0.4, -0.2) is 43.5 Å². The summed E-state index contributed by atoms with van der Waals surface area (Å²) in [5, 5.41) is 3.34. The number of nitrogens with zero attached hydrogens (tertiary/aromatic N) is 2. The van der Waals surface area contributed by atoms with Gasteiger partial charge in [0.25, 0.3) is 0 Å². The van der Waals surface area contributed by atoms with Gasteiger partial charge in [0.15, 0.2) is 0 Å². The smallest absolute Gasteiger partial charge is 0.238 e. The van der Waals surface area contributed by atoms with Crippen molar-refractivity contribution in [3.63, 3.8) is 0 Å². The molecule has 0 saturated carbocycles. The van der Waals surface area contributed by atoms with E-state index < -0.39 is 5.82 Å². The van der Waals surface area contributed by atoms with Crippen molar-refractivity contribution in [2.24, 2.45) is 0 Å².